The molecule has 0 aliphatic rings. The van der Waals surface area contributed by atoms with Crippen LogP contribution in [0.15, 0.2) is 70.2 Å². The fraction of sp³-hybridized carbons (Fsp3) is 0.125. The first-order valence-electron chi connectivity index (χ1n) is 10.00. The molecule has 7 nitrogen and oxygen atoms in total. The summed E-state index contributed by atoms with van der Waals surface area (Å²) >= 11 is 15.2. The van der Waals surface area contributed by atoms with Crippen LogP contribution in [0.25, 0.3) is 0 Å². The first-order valence-corrected chi connectivity index (χ1v) is 11.5. The first kappa shape index (κ1) is 25.6. The number of nitrogens with zero attached hydrogens (tertiary/aromatic N) is 1. The molecule has 0 aliphatic heterocycles. The Labute approximate surface area is 214 Å². The third kappa shape index (κ3) is 7.48. The molecule has 0 saturated heterocycles. The largest absolute Gasteiger partial charge is 0.494 e. The second-order valence-electron chi connectivity index (χ2n) is 6.69. The van der Waals surface area contributed by atoms with Crippen molar-refractivity contribution >= 4 is 57.2 Å². The van der Waals surface area contributed by atoms with Crippen LogP contribution in [-0.2, 0) is 4.79 Å². The summed E-state index contributed by atoms with van der Waals surface area (Å²) in [6.45, 7) is 2.10. The zero-order valence-corrected chi connectivity index (χ0v) is 21.0. The van der Waals surface area contributed by atoms with Crippen LogP contribution in [0.5, 0.6) is 17.2 Å². The van der Waals surface area contributed by atoms with Crippen molar-refractivity contribution in [1.82, 2.24) is 5.43 Å². The van der Waals surface area contributed by atoms with Gasteiger partial charge >= 0.3 is 5.97 Å². The molecule has 0 spiro atoms. The van der Waals surface area contributed by atoms with Gasteiger partial charge in [-0.15, -0.1) is 0 Å². The normalized spacial score (nSPS) is 10.7. The van der Waals surface area contributed by atoms with Gasteiger partial charge in [-0.05, 0) is 67.6 Å². The van der Waals surface area contributed by atoms with Gasteiger partial charge in [0.15, 0.2) is 6.61 Å². The number of hydrogen-bond donors (Lipinski definition) is 1. The minimum absolute atomic E-state index is 0.268. The average Bonchev–Trinajstić information content (AvgIpc) is 2.81. The van der Waals surface area contributed by atoms with Gasteiger partial charge in [0.05, 0.1) is 23.4 Å². The van der Waals surface area contributed by atoms with Gasteiger partial charge < -0.3 is 14.2 Å². The van der Waals surface area contributed by atoms with Crippen LogP contribution >= 0.6 is 39.1 Å². The van der Waals surface area contributed by atoms with Gasteiger partial charge in [0, 0.05) is 15.1 Å². The van der Waals surface area contributed by atoms with Crippen LogP contribution in [-0.4, -0.2) is 31.3 Å². The Morgan fingerprint density at radius 2 is 1.74 bits per heavy atom. The lowest BCUT2D eigenvalue weighted by atomic mass is 10.2. The van der Waals surface area contributed by atoms with Crippen molar-refractivity contribution in [3.63, 3.8) is 0 Å². The van der Waals surface area contributed by atoms with E-state index in [9.17, 15) is 9.59 Å². The molecule has 34 heavy (non-hydrogen) atoms. The van der Waals surface area contributed by atoms with E-state index in [0.717, 1.165) is 4.47 Å². The number of nitrogens with one attached hydrogen (secondary N) is 1. The Morgan fingerprint density at radius 1 is 1.00 bits per heavy atom. The summed E-state index contributed by atoms with van der Waals surface area (Å²) in [4.78, 5) is 24.6. The zero-order chi connectivity index (χ0) is 24.5. The lowest BCUT2D eigenvalue weighted by Crippen LogP contribution is -2.24. The van der Waals surface area contributed by atoms with Crippen molar-refractivity contribution in [2.45, 2.75) is 6.92 Å². The highest BCUT2D eigenvalue weighted by atomic mass is 79.9. The Kier molecular flexibility index (Phi) is 9.33. The number of carbonyl (C=O) groups excluding carboxylic acids is 2. The summed E-state index contributed by atoms with van der Waals surface area (Å²) in [7, 11) is 0. The van der Waals surface area contributed by atoms with Gasteiger partial charge in [-0.3, -0.25) is 4.79 Å². The minimum Gasteiger partial charge on any atom is -0.494 e. The number of hydrazone groups is 1. The van der Waals surface area contributed by atoms with Crippen molar-refractivity contribution in [3.05, 3.63) is 86.3 Å². The van der Waals surface area contributed by atoms with Crippen LogP contribution in [0.4, 0.5) is 0 Å². The molecule has 0 aliphatic carbocycles. The van der Waals surface area contributed by atoms with E-state index in [2.05, 4.69) is 26.5 Å². The average molecular weight is 566 g/mol. The molecule has 0 saturated carbocycles. The van der Waals surface area contributed by atoms with Crippen molar-refractivity contribution in [1.29, 1.82) is 0 Å². The highest BCUT2D eigenvalue weighted by Gasteiger charge is 2.12. The molecule has 0 unspecified atom stereocenters. The SMILES string of the molecule is CCOc1ccc(C(=O)Oc2ccc(Br)cc2/C=N/NC(=O)COc2ccc(Cl)cc2Cl)cc1. The molecule has 0 aromatic heterocycles. The number of amides is 1. The van der Waals surface area contributed by atoms with Crippen molar-refractivity contribution in [2.24, 2.45) is 5.10 Å². The van der Waals surface area contributed by atoms with E-state index in [-0.39, 0.29) is 17.4 Å². The maximum atomic E-state index is 12.5. The van der Waals surface area contributed by atoms with Crippen molar-refractivity contribution in [3.8, 4) is 17.2 Å². The van der Waals surface area contributed by atoms with Crippen molar-refractivity contribution in [2.75, 3.05) is 13.2 Å². The Hall–Kier alpha value is -3.07. The maximum Gasteiger partial charge on any atom is 0.343 e. The number of esters is 1. The fourth-order valence-corrected chi connectivity index (χ4v) is 3.51. The molecule has 3 aromatic carbocycles. The Bertz CT molecular complexity index is 1200. The monoisotopic (exact) mass is 564 g/mol. The first-order chi connectivity index (χ1) is 16.4. The molecule has 3 rings (SSSR count). The predicted octanol–water partition coefficient (Wildman–Crippen LogP) is 5.90. The summed E-state index contributed by atoms with van der Waals surface area (Å²) in [6, 6.07) is 16.3. The molecule has 0 radical (unpaired) electrons. The lowest BCUT2D eigenvalue weighted by molar-refractivity contribution is -0.123. The van der Waals surface area contributed by atoms with Gasteiger partial charge in [-0.1, -0.05) is 39.1 Å². The van der Waals surface area contributed by atoms with Crippen LogP contribution in [0.3, 0.4) is 0 Å². The number of rotatable bonds is 9. The van der Waals surface area contributed by atoms with E-state index < -0.39 is 11.9 Å². The van der Waals surface area contributed by atoms with Gasteiger partial charge in [0.25, 0.3) is 5.91 Å². The second-order valence-corrected chi connectivity index (χ2v) is 8.44. The molecule has 1 N–H and O–H groups in total. The minimum atomic E-state index is -0.544. The highest BCUT2D eigenvalue weighted by molar-refractivity contribution is 9.10. The van der Waals surface area contributed by atoms with E-state index in [1.807, 2.05) is 6.92 Å². The molecular formula is C24H19BrCl2N2O5. The van der Waals surface area contributed by atoms with Crippen molar-refractivity contribution < 1.29 is 23.8 Å². The van der Waals surface area contributed by atoms with Crippen LogP contribution < -0.4 is 19.6 Å². The molecule has 1 amide bonds. The number of carbonyl (C=O) groups is 2. The number of ether oxygens (including phenoxy) is 3. The highest BCUT2D eigenvalue weighted by Crippen LogP contribution is 2.27. The van der Waals surface area contributed by atoms with E-state index >= 15 is 0 Å². The Balaban J connectivity index is 1.61. The molecule has 0 bridgehead atoms. The van der Waals surface area contributed by atoms with E-state index in [1.165, 1.54) is 12.3 Å². The van der Waals surface area contributed by atoms with Crippen LogP contribution in [0.1, 0.15) is 22.8 Å². The number of hydrogen-bond acceptors (Lipinski definition) is 6. The summed E-state index contributed by atoms with van der Waals surface area (Å²) in [5.41, 5.74) is 3.18. The zero-order valence-electron chi connectivity index (χ0n) is 17.9. The fourth-order valence-electron chi connectivity index (χ4n) is 2.67. The van der Waals surface area contributed by atoms with Gasteiger partial charge in [0.1, 0.15) is 17.2 Å². The van der Waals surface area contributed by atoms with E-state index in [0.29, 0.717) is 34.3 Å². The topological polar surface area (TPSA) is 86.2 Å². The molecule has 176 valence electrons. The van der Waals surface area contributed by atoms with E-state index in [1.54, 1.807) is 54.6 Å². The Morgan fingerprint density at radius 3 is 2.44 bits per heavy atom. The maximum absolute atomic E-state index is 12.5. The quantitative estimate of drug-likeness (QED) is 0.151. The summed E-state index contributed by atoms with van der Waals surface area (Å²) < 4.78 is 17.0. The van der Waals surface area contributed by atoms with Gasteiger partial charge in [-0.2, -0.15) is 5.10 Å². The second kappa shape index (κ2) is 12.4. The molecule has 0 heterocycles. The standard InChI is InChI=1S/C24H19BrCl2N2O5/c1-2-32-19-7-3-15(4-8-19)24(31)34-21-9-5-17(25)11-16(21)13-28-29-23(30)14-33-22-10-6-18(26)12-20(22)27/h3-13H,2,14H2,1H3,(H,29,30)/b28-13+. The third-order valence-corrected chi connectivity index (χ3v) is 5.24. The molecular weight excluding hydrogens is 547 g/mol. The molecule has 0 fully saturated rings. The smallest absolute Gasteiger partial charge is 0.343 e. The third-order valence-electron chi connectivity index (χ3n) is 4.22. The van der Waals surface area contributed by atoms with E-state index in [4.69, 9.17) is 37.4 Å². The van der Waals surface area contributed by atoms with Crippen LogP contribution in [0.2, 0.25) is 10.0 Å². The molecule has 10 heteroatoms. The number of benzene rings is 3. The summed E-state index contributed by atoms with van der Waals surface area (Å²) in [5, 5.41) is 4.66. The molecule has 0 atom stereocenters. The summed E-state index contributed by atoms with van der Waals surface area (Å²) in [6.07, 6.45) is 1.36. The summed E-state index contributed by atoms with van der Waals surface area (Å²) in [5.74, 6) is 0.195. The predicted molar refractivity (Wildman–Crippen MR) is 134 cm³/mol. The van der Waals surface area contributed by atoms with Gasteiger partial charge in [0.2, 0.25) is 0 Å². The van der Waals surface area contributed by atoms with Crippen LogP contribution in [0, 0.1) is 0 Å². The lowest BCUT2D eigenvalue weighted by Gasteiger charge is -2.09. The number of halogens is 3. The molecule has 3 aromatic rings. The van der Waals surface area contributed by atoms with Gasteiger partial charge in [-0.25, -0.2) is 10.2 Å².